The zero-order valence-electron chi connectivity index (χ0n) is 21.9. The Balaban J connectivity index is 1.58. The van der Waals surface area contributed by atoms with Crippen LogP contribution >= 0.6 is 11.6 Å². The van der Waals surface area contributed by atoms with Crippen molar-refractivity contribution in [1.29, 1.82) is 0 Å². The average molecular weight is 578 g/mol. The number of methoxy groups -OCH3 is 1. The summed E-state index contributed by atoms with van der Waals surface area (Å²) in [5.41, 5.74) is 0.890. The molecule has 3 aromatic carbocycles. The first kappa shape index (κ1) is 28.8. The van der Waals surface area contributed by atoms with E-state index in [4.69, 9.17) is 21.1 Å². The van der Waals surface area contributed by atoms with E-state index in [2.05, 4.69) is 15.4 Å². The highest BCUT2D eigenvalue weighted by Crippen LogP contribution is 2.37. The van der Waals surface area contributed by atoms with Gasteiger partial charge >= 0.3 is 12.0 Å². The number of benzene rings is 3. The van der Waals surface area contributed by atoms with Crippen LogP contribution in [0.15, 0.2) is 72.3 Å². The summed E-state index contributed by atoms with van der Waals surface area (Å²) in [6, 6.07) is 16.3. The highest BCUT2D eigenvalue weighted by molar-refractivity contribution is 6.39. The molecule has 4 rings (SSSR count). The van der Waals surface area contributed by atoms with Gasteiger partial charge in [0.2, 0.25) is 0 Å². The lowest BCUT2D eigenvalue weighted by molar-refractivity contribution is -0.122. The second-order valence-electron chi connectivity index (χ2n) is 8.46. The monoisotopic (exact) mass is 577 g/mol. The first-order valence-corrected chi connectivity index (χ1v) is 12.6. The third kappa shape index (κ3) is 6.71. The van der Waals surface area contributed by atoms with Crippen LogP contribution in [0.1, 0.15) is 22.8 Å². The number of carbonyl (C=O) groups excluding carboxylic acids is 5. The van der Waals surface area contributed by atoms with Crippen molar-refractivity contribution in [1.82, 2.24) is 5.32 Å². The second-order valence-corrected chi connectivity index (χ2v) is 8.87. The first-order valence-electron chi connectivity index (χ1n) is 12.3. The zero-order valence-corrected chi connectivity index (χ0v) is 22.7. The van der Waals surface area contributed by atoms with Crippen LogP contribution in [0.2, 0.25) is 5.02 Å². The van der Waals surface area contributed by atoms with Gasteiger partial charge in [-0.2, -0.15) is 0 Å². The zero-order chi connectivity index (χ0) is 29.5. The summed E-state index contributed by atoms with van der Waals surface area (Å²) in [7, 11) is 1.23. The third-order valence-electron chi connectivity index (χ3n) is 5.70. The van der Waals surface area contributed by atoms with Gasteiger partial charge < -0.3 is 19.5 Å². The number of imide groups is 2. The van der Waals surface area contributed by atoms with Gasteiger partial charge in [0, 0.05) is 5.69 Å². The van der Waals surface area contributed by atoms with Crippen molar-refractivity contribution in [2.75, 3.05) is 30.5 Å². The molecule has 0 unspecified atom stereocenters. The van der Waals surface area contributed by atoms with Gasteiger partial charge in [-0.05, 0) is 67.1 Å². The van der Waals surface area contributed by atoms with E-state index in [1.165, 1.54) is 49.6 Å². The molecule has 12 heteroatoms. The molecule has 5 amide bonds. The Labute approximate surface area is 239 Å². The minimum absolute atomic E-state index is 0.0605. The van der Waals surface area contributed by atoms with Crippen molar-refractivity contribution in [3.05, 3.63) is 88.5 Å². The van der Waals surface area contributed by atoms with Crippen molar-refractivity contribution < 1.29 is 38.2 Å². The molecular formula is C29H24ClN3O8. The number of rotatable bonds is 9. The molecule has 1 aliphatic heterocycles. The fraction of sp³-hybridized carbons (Fsp3) is 0.138. The topological polar surface area (TPSA) is 140 Å². The van der Waals surface area contributed by atoms with Crippen LogP contribution in [0.3, 0.4) is 0 Å². The molecular weight excluding hydrogens is 554 g/mol. The fourth-order valence-corrected chi connectivity index (χ4v) is 4.13. The predicted molar refractivity (Wildman–Crippen MR) is 150 cm³/mol. The number of urea groups is 1. The van der Waals surface area contributed by atoms with E-state index in [0.717, 1.165) is 4.90 Å². The highest BCUT2D eigenvalue weighted by Gasteiger charge is 2.37. The van der Waals surface area contributed by atoms with Gasteiger partial charge in [0.25, 0.3) is 17.7 Å². The molecule has 2 N–H and O–H groups in total. The maximum Gasteiger partial charge on any atom is 0.337 e. The van der Waals surface area contributed by atoms with Crippen molar-refractivity contribution in [2.24, 2.45) is 0 Å². The number of para-hydroxylation sites is 1. The van der Waals surface area contributed by atoms with E-state index in [1.807, 2.05) is 6.07 Å². The van der Waals surface area contributed by atoms with Gasteiger partial charge in [-0.3, -0.25) is 19.7 Å². The molecule has 0 radical (unpaired) electrons. The number of carbonyl (C=O) groups is 5. The summed E-state index contributed by atoms with van der Waals surface area (Å²) in [6.07, 6.45) is 1.25. The lowest BCUT2D eigenvalue weighted by atomic mass is 10.1. The largest absolute Gasteiger partial charge is 0.490 e. The smallest absolute Gasteiger partial charge is 0.337 e. The number of barbiturate groups is 1. The van der Waals surface area contributed by atoms with Gasteiger partial charge in [-0.1, -0.05) is 29.8 Å². The molecule has 1 heterocycles. The fourth-order valence-electron chi connectivity index (χ4n) is 3.85. The minimum atomic E-state index is -0.950. The maximum absolute atomic E-state index is 13.3. The van der Waals surface area contributed by atoms with Crippen LogP contribution in [-0.4, -0.2) is 50.0 Å². The maximum atomic E-state index is 13.3. The van der Waals surface area contributed by atoms with Crippen molar-refractivity contribution in [3.63, 3.8) is 0 Å². The normalized spacial score (nSPS) is 14.0. The van der Waals surface area contributed by atoms with Crippen LogP contribution in [0, 0.1) is 0 Å². The van der Waals surface area contributed by atoms with Gasteiger partial charge in [0.1, 0.15) is 5.57 Å². The molecule has 41 heavy (non-hydrogen) atoms. The van der Waals surface area contributed by atoms with Gasteiger partial charge in [0.15, 0.2) is 18.1 Å². The molecule has 1 aliphatic rings. The summed E-state index contributed by atoms with van der Waals surface area (Å²) in [4.78, 5) is 63.3. The van der Waals surface area contributed by atoms with Crippen LogP contribution in [0.4, 0.5) is 16.2 Å². The Morgan fingerprint density at radius 2 is 1.71 bits per heavy atom. The number of hydrogen-bond acceptors (Lipinski definition) is 8. The van der Waals surface area contributed by atoms with Gasteiger partial charge in [-0.25, -0.2) is 14.5 Å². The van der Waals surface area contributed by atoms with Crippen LogP contribution in [-0.2, 0) is 19.1 Å². The second kappa shape index (κ2) is 12.8. The standard InChI is InChI=1S/C29H24ClN3O8/c1-3-40-23-15-17(14-22(30)25(23)41-16-24(34)31-19-7-5-4-6-8-19)13-21-26(35)32-29(38)33(27(21)36)20-11-9-18(10-12-20)28(37)39-2/h4-15H,3,16H2,1-2H3,(H,31,34)(H,32,35,38)/b21-13+. The van der Waals surface area contributed by atoms with Crippen LogP contribution in [0.25, 0.3) is 6.08 Å². The number of hydrogen-bond donors (Lipinski definition) is 2. The minimum Gasteiger partial charge on any atom is -0.490 e. The highest BCUT2D eigenvalue weighted by atomic mass is 35.5. The average Bonchev–Trinajstić information content (AvgIpc) is 2.95. The number of anilines is 2. The van der Waals surface area contributed by atoms with E-state index >= 15 is 0 Å². The van der Waals surface area contributed by atoms with Gasteiger partial charge in [-0.15, -0.1) is 0 Å². The first-order chi connectivity index (χ1) is 19.7. The molecule has 210 valence electrons. The van der Waals surface area contributed by atoms with Crippen molar-refractivity contribution in [3.8, 4) is 11.5 Å². The Hall–Kier alpha value is -5.16. The quantitative estimate of drug-likeness (QED) is 0.219. The van der Waals surface area contributed by atoms with E-state index < -0.39 is 29.7 Å². The summed E-state index contributed by atoms with van der Waals surface area (Å²) < 4.78 is 15.9. The summed E-state index contributed by atoms with van der Waals surface area (Å²) in [5.74, 6) is -2.54. The lowest BCUT2D eigenvalue weighted by Crippen LogP contribution is -2.54. The number of nitrogens with one attached hydrogen (secondary N) is 2. The molecule has 1 fully saturated rings. The Morgan fingerprint density at radius 3 is 2.37 bits per heavy atom. The number of amides is 5. The van der Waals surface area contributed by atoms with Crippen molar-refractivity contribution >= 4 is 58.8 Å². The Kier molecular flexibility index (Phi) is 9.00. The van der Waals surface area contributed by atoms with E-state index in [0.29, 0.717) is 11.3 Å². The molecule has 0 saturated carbocycles. The van der Waals surface area contributed by atoms with Gasteiger partial charge in [0.05, 0.1) is 30.0 Å². The molecule has 0 atom stereocenters. The van der Waals surface area contributed by atoms with Crippen LogP contribution in [0.5, 0.6) is 11.5 Å². The van der Waals surface area contributed by atoms with Crippen molar-refractivity contribution in [2.45, 2.75) is 6.92 Å². The summed E-state index contributed by atoms with van der Waals surface area (Å²) in [6.45, 7) is 1.60. The molecule has 0 aliphatic carbocycles. The predicted octanol–water partition coefficient (Wildman–Crippen LogP) is 4.21. The molecule has 0 aromatic heterocycles. The molecule has 3 aromatic rings. The summed E-state index contributed by atoms with van der Waals surface area (Å²) in [5, 5.41) is 4.89. The van der Waals surface area contributed by atoms with E-state index in [-0.39, 0.29) is 46.6 Å². The SMILES string of the molecule is CCOc1cc(/C=C2\C(=O)NC(=O)N(c3ccc(C(=O)OC)cc3)C2=O)cc(Cl)c1OCC(=O)Nc1ccccc1. The molecule has 0 bridgehead atoms. The number of nitrogens with zero attached hydrogens (tertiary/aromatic N) is 1. The lowest BCUT2D eigenvalue weighted by Gasteiger charge is -2.26. The van der Waals surface area contributed by atoms with E-state index in [1.54, 1.807) is 31.2 Å². The van der Waals surface area contributed by atoms with Crippen LogP contribution < -0.4 is 25.0 Å². The molecule has 11 nitrogen and oxygen atoms in total. The summed E-state index contributed by atoms with van der Waals surface area (Å²) >= 11 is 6.45. The molecule has 0 spiro atoms. The third-order valence-corrected chi connectivity index (χ3v) is 5.98. The number of esters is 1. The number of ether oxygens (including phenoxy) is 3. The molecule has 1 saturated heterocycles. The number of halogens is 1. The van der Waals surface area contributed by atoms with E-state index in [9.17, 15) is 24.0 Å². The Morgan fingerprint density at radius 1 is 1.00 bits per heavy atom. The Bertz CT molecular complexity index is 1540.